The number of rotatable bonds is 6. The zero-order valence-electron chi connectivity index (χ0n) is 18.8. The molecule has 0 aliphatic carbocycles. The van der Waals surface area contributed by atoms with E-state index < -0.39 is 10.8 Å². The predicted octanol–water partition coefficient (Wildman–Crippen LogP) is 5.04. The maximum absolute atomic E-state index is 13.0. The van der Waals surface area contributed by atoms with Gasteiger partial charge in [-0.3, -0.25) is 24.7 Å². The molecule has 35 heavy (non-hydrogen) atoms. The van der Waals surface area contributed by atoms with E-state index in [0.29, 0.717) is 29.1 Å². The number of likely N-dealkylation sites (tertiary alicyclic amines) is 1. The quantitative estimate of drug-likeness (QED) is 0.312. The highest BCUT2D eigenvalue weighted by Crippen LogP contribution is 2.38. The maximum atomic E-state index is 13.0. The lowest BCUT2D eigenvalue weighted by Gasteiger charge is -2.14. The van der Waals surface area contributed by atoms with Gasteiger partial charge in [-0.15, -0.1) is 0 Å². The summed E-state index contributed by atoms with van der Waals surface area (Å²) < 4.78 is 0. The first kappa shape index (κ1) is 22.2. The van der Waals surface area contributed by atoms with Crippen LogP contribution in [0.5, 0.6) is 0 Å². The molecule has 2 aliphatic rings. The van der Waals surface area contributed by atoms with Crippen LogP contribution >= 0.6 is 0 Å². The van der Waals surface area contributed by atoms with E-state index in [1.165, 1.54) is 12.1 Å². The Hall–Kier alpha value is -4.59. The molecule has 8 nitrogen and oxygen atoms in total. The Labute approximate surface area is 201 Å². The Kier molecular flexibility index (Phi) is 5.93. The molecule has 1 fully saturated rings. The second-order valence-corrected chi connectivity index (χ2v) is 8.41. The highest BCUT2D eigenvalue weighted by molar-refractivity contribution is 6.24. The van der Waals surface area contributed by atoms with Crippen LogP contribution in [0.2, 0.25) is 0 Å². The summed E-state index contributed by atoms with van der Waals surface area (Å²) >= 11 is 0. The number of non-ortho nitro benzene ring substituents is 1. The van der Waals surface area contributed by atoms with Gasteiger partial charge in [0.2, 0.25) is 11.8 Å². The van der Waals surface area contributed by atoms with Gasteiger partial charge in [-0.2, -0.15) is 0 Å². The fourth-order valence-corrected chi connectivity index (χ4v) is 4.34. The molecule has 0 aromatic heterocycles. The molecule has 2 heterocycles. The minimum Gasteiger partial charge on any atom is -0.325 e. The topological polar surface area (TPSA) is 105 Å². The van der Waals surface area contributed by atoms with E-state index in [9.17, 15) is 19.7 Å². The van der Waals surface area contributed by atoms with Crippen molar-refractivity contribution in [3.8, 4) is 0 Å². The van der Waals surface area contributed by atoms with Gasteiger partial charge >= 0.3 is 0 Å². The number of carbonyl (C=O) groups is 2. The summed E-state index contributed by atoms with van der Waals surface area (Å²) in [6, 6.07) is 21.2. The van der Waals surface area contributed by atoms with Crippen LogP contribution in [-0.2, 0) is 9.59 Å². The minimum absolute atomic E-state index is 0.0784. The lowest BCUT2D eigenvalue weighted by Crippen LogP contribution is -2.22. The Morgan fingerprint density at radius 2 is 1.83 bits per heavy atom. The zero-order valence-corrected chi connectivity index (χ0v) is 18.8. The molecule has 1 unspecified atom stereocenters. The molecule has 0 radical (unpaired) electrons. The Morgan fingerprint density at radius 3 is 2.51 bits per heavy atom. The molecule has 0 spiro atoms. The van der Waals surface area contributed by atoms with Gasteiger partial charge < -0.3 is 10.2 Å². The van der Waals surface area contributed by atoms with E-state index in [1.54, 1.807) is 17.2 Å². The largest absolute Gasteiger partial charge is 0.325 e. The summed E-state index contributed by atoms with van der Waals surface area (Å²) in [5.74, 6) is -0.934. The Morgan fingerprint density at radius 1 is 1.06 bits per heavy atom. The highest BCUT2D eigenvalue weighted by Gasteiger charge is 2.36. The molecule has 1 N–H and O–H groups in total. The SMILES string of the molecule is O=C1Nc2ccc([N+](=O)[O-])cc2C1C(=Nc1ccc(C=CN2CCCC2=O)cc1)c1ccccc1. The number of aliphatic imine (C=N–C) groups is 1. The van der Waals surface area contributed by atoms with E-state index >= 15 is 0 Å². The van der Waals surface area contributed by atoms with Gasteiger partial charge in [0.1, 0.15) is 5.92 Å². The molecule has 0 saturated carbocycles. The molecule has 3 aromatic rings. The first-order valence-corrected chi connectivity index (χ1v) is 11.3. The van der Waals surface area contributed by atoms with Crippen LogP contribution in [0, 0.1) is 10.1 Å². The molecule has 174 valence electrons. The Balaban J connectivity index is 1.51. The number of fused-ring (bicyclic) bond motifs is 1. The van der Waals surface area contributed by atoms with Crippen molar-refractivity contribution in [2.24, 2.45) is 4.99 Å². The number of hydrogen-bond donors (Lipinski definition) is 1. The summed E-state index contributed by atoms with van der Waals surface area (Å²) in [4.78, 5) is 42.2. The molecular formula is C27H22N4O4. The lowest BCUT2D eigenvalue weighted by molar-refractivity contribution is -0.384. The number of anilines is 1. The smallest absolute Gasteiger partial charge is 0.269 e. The fourth-order valence-electron chi connectivity index (χ4n) is 4.34. The van der Waals surface area contributed by atoms with Gasteiger partial charge in [-0.1, -0.05) is 42.5 Å². The first-order valence-electron chi connectivity index (χ1n) is 11.3. The summed E-state index contributed by atoms with van der Waals surface area (Å²) in [6.45, 7) is 0.737. The van der Waals surface area contributed by atoms with Crippen LogP contribution in [0.3, 0.4) is 0 Å². The van der Waals surface area contributed by atoms with Crippen molar-refractivity contribution in [3.05, 3.63) is 106 Å². The standard InChI is InChI=1S/C27H22N4O4/c32-24-7-4-15-30(24)16-14-18-8-10-20(11-9-18)28-26(19-5-2-1-3-6-19)25-22-17-21(31(34)35)12-13-23(22)29-27(25)33/h1-3,5-6,8-14,16-17,25H,4,7,15H2,(H,29,33). The number of benzene rings is 3. The number of hydrogen-bond acceptors (Lipinski definition) is 5. The van der Waals surface area contributed by atoms with Gasteiger partial charge in [0.25, 0.3) is 5.69 Å². The van der Waals surface area contributed by atoms with Crippen molar-refractivity contribution < 1.29 is 14.5 Å². The number of nitrogens with one attached hydrogen (secondary N) is 1. The van der Waals surface area contributed by atoms with Crippen LogP contribution in [0.1, 0.15) is 35.4 Å². The fraction of sp³-hybridized carbons (Fsp3) is 0.148. The first-order chi connectivity index (χ1) is 17.0. The van der Waals surface area contributed by atoms with Crippen LogP contribution in [0.15, 0.2) is 84.0 Å². The normalized spacial score (nSPS) is 17.7. The van der Waals surface area contributed by atoms with Crippen molar-refractivity contribution in [1.29, 1.82) is 0 Å². The molecule has 2 amide bonds. The van der Waals surface area contributed by atoms with Gasteiger partial charge in [0, 0.05) is 42.5 Å². The average Bonchev–Trinajstić information content (AvgIpc) is 3.43. The average molecular weight is 466 g/mol. The van der Waals surface area contributed by atoms with Crippen LogP contribution in [0.4, 0.5) is 17.1 Å². The van der Waals surface area contributed by atoms with Crippen molar-refractivity contribution in [2.45, 2.75) is 18.8 Å². The molecular weight excluding hydrogens is 444 g/mol. The van der Waals surface area contributed by atoms with Crippen LogP contribution in [-0.4, -0.2) is 33.9 Å². The number of nitro groups is 1. The third-order valence-corrected chi connectivity index (χ3v) is 6.12. The summed E-state index contributed by atoms with van der Waals surface area (Å²) in [5, 5.41) is 14.2. The predicted molar refractivity (Wildman–Crippen MR) is 134 cm³/mol. The van der Waals surface area contributed by atoms with Crippen LogP contribution in [0.25, 0.3) is 6.08 Å². The van der Waals surface area contributed by atoms with Crippen molar-refractivity contribution in [3.63, 3.8) is 0 Å². The van der Waals surface area contributed by atoms with Gasteiger partial charge in [0.05, 0.1) is 16.3 Å². The summed E-state index contributed by atoms with van der Waals surface area (Å²) in [6.07, 6.45) is 5.14. The third-order valence-electron chi connectivity index (χ3n) is 6.12. The lowest BCUT2D eigenvalue weighted by atomic mass is 9.90. The van der Waals surface area contributed by atoms with Gasteiger partial charge in [-0.25, -0.2) is 0 Å². The molecule has 1 atom stereocenters. The second-order valence-electron chi connectivity index (χ2n) is 8.41. The van der Waals surface area contributed by atoms with Crippen molar-refractivity contribution in [2.75, 3.05) is 11.9 Å². The minimum atomic E-state index is -0.784. The second kappa shape index (κ2) is 9.34. The highest BCUT2D eigenvalue weighted by atomic mass is 16.6. The monoisotopic (exact) mass is 466 g/mol. The number of carbonyl (C=O) groups excluding carboxylic acids is 2. The maximum Gasteiger partial charge on any atom is 0.269 e. The van der Waals surface area contributed by atoms with Crippen LogP contribution < -0.4 is 5.32 Å². The van der Waals surface area contributed by atoms with Crippen molar-refractivity contribution in [1.82, 2.24) is 4.90 Å². The molecule has 3 aromatic carbocycles. The van der Waals surface area contributed by atoms with E-state index in [1.807, 2.05) is 60.7 Å². The summed E-state index contributed by atoms with van der Waals surface area (Å²) in [7, 11) is 0. The number of nitro benzene ring substituents is 1. The Bertz CT molecular complexity index is 1360. The molecule has 8 heteroatoms. The number of amides is 2. The molecule has 5 rings (SSSR count). The van der Waals surface area contributed by atoms with E-state index in [-0.39, 0.29) is 17.5 Å². The molecule has 0 bridgehead atoms. The molecule has 1 saturated heterocycles. The molecule has 2 aliphatic heterocycles. The van der Waals surface area contributed by atoms with Crippen molar-refractivity contribution >= 4 is 40.7 Å². The third kappa shape index (κ3) is 4.59. The van der Waals surface area contributed by atoms with E-state index in [0.717, 1.165) is 24.1 Å². The number of nitrogens with zero attached hydrogens (tertiary/aromatic N) is 3. The zero-order chi connectivity index (χ0) is 24.4. The van der Waals surface area contributed by atoms with E-state index in [4.69, 9.17) is 4.99 Å². The van der Waals surface area contributed by atoms with E-state index in [2.05, 4.69) is 5.32 Å². The van der Waals surface area contributed by atoms with Gasteiger partial charge in [-0.05, 0) is 41.8 Å². The van der Waals surface area contributed by atoms with Gasteiger partial charge in [0.15, 0.2) is 0 Å². The summed E-state index contributed by atoms with van der Waals surface area (Å²) in [5.41, 5.74) is 3.82.